The highest BCUT2D eigenvalue weighted by atomic mass is 35.5. The van der Waals surface area contributed by atoms with Gasteiger partial charge < -0.3 is 5.32 Å². The molecule has 0 aromatic heterocycles. The van der Waals surface area contributed by atoms with Crippen molar-refractivity contribution in [2.45, 2.75) is 6.92 Å². The third-order valence-electron chi connectivity index (χ3n) is 2.33. The van der Waals surface area contributed by atoms with E-state index in [-0.39, 0.29) is 0 Å². The van der Waals surface area contributed by atoms with Crippen molar-refractivity contribution in [1.29, 1.82) is 0 Å². The fraction of sp³-hybridized carbons (Fsp3) is 0.0769. The van der Waals surface area contributed by atoms with Crippen LogP contribution in [0.2, 0.25) is 10.0 Å². The van der Waals surface area contributed by atoms with Crippen LogP contribution in [-0.2, 0) is 0 Å². The van der Waals surface area contributed by atoms with Gasteiger partial charge in [0.15, 0.2) is 0 Å². The first-order chi connectivity index (χ1) is 7.68. The standard InChI is InChI=1S/C13H11Cl2N/c1-9-7-8-11(14)13(12(9)15)16-10-5-3-2-4-6-10/h2-8,16H,1H3. The largest absolute Gasteiger partial charge is 0.353 e. The number of rotatable bonds is 2. The zero-order valence-electron chi connectivity index (χ0n) is 8.80. The van der Waals surface area contributed by atoms with Crippen LogP contribution >= 0.6 is 23.2 Å². The summed E-state index contributed by atoms with van der Waals surface area (Å²) in [5.41, 5.74) is 2.73. The van der Waals surface area contributed by atoms with Crippen LogP contribution in [0, 0.1) is 6.92 Å². The molecule has 1 N–H and O–H groups in total. The smallest absolute Gasteiger partial charge is 0.0765 e. The maximum atomic E-state index is 6.20. The summed E-state index contributed by atoms with van der Waals surface area (Å²) >= 11 is 12.3. The predicted molar refractivity (Wildman–Crippen MR) is 70.9 cm³/mol. The summed E-state index contributed by atoms with van der Waals surface area (Å²) in [5, 5.41) is 4.51. The molecule has 0 spiro atoms. The molecular weight excluding hydrogens is 241 g/mol. The first-order valence-electron chi connectivity index (χ1n) is 4.95. The van der Waals surface area contributed by atoms with Crippen molar-refractivity contribution in [1.82, 2.24) is 0 Å². The number of anilines is 2. The summed E-state index contributed by atoms with van der Waals surface area (Å²) in [4.78, 5) is 0. The quantitative estimate of drug-likeness (QED) is 0.788. The first kappa shape index (κ1) is 11.3. The molecule has 2 aromatic rings. The van der Waals surface area contributed by atoms with E-state index in [9.17, 15) is 0 Å². The number of halogens is 2. The highest BCUT2D eigenvalue weighted by Crippen LogP contribution is 2.34. The van der Waals surface area contributed by atoms with E-state index in [1.54, 1.807) is 0 Å². The van der Waals surface area contributed by atoms with E-state index in [0.29, 0.717) is 10.0 Å². The molecule has 0 bridgehead atoms. The van der Waals surface area contributed by atoms with Gasteiger partial charge in [-0.05, 0) is 30.7 Å². The van der Waals surface area contributed by atoms with Crippen molar-refractivity contribution in [3.63, 3.8) is 0 Å². The van der Waals surface area contributed by atoms with Crippen molar-refractivity contribution in [2.75, 3.05) is 5.32 Å². The zero-order chi connectivity index (χ0) is 11.5. The Labute approximate surface area is 105 Å². The lowest BCUT2D eigenvalue weighted by Crippen LogP contribution is -1.93. The van der Waals surface area contributed by atoms with Crippen molar-refractivity contribution >= 4 is 34.6 Å². The van der Waals surface area contributed by atoms with Gasteiger partial charge in [-0.1, -0.05) is 47.5 Å². The Morgan fingerprint density at radius 3 is 2.31 bits per heavy atom. The Kier molecular flexibility index (Phi) is 3.37. The third-order valence-corrected chi connectivity index (χ3v) is 3.13. The maximum Gasteiger partial charge on any atom is 0.0765 e. The number of aryl methyl sites for hydroxylation is 1. The molecule has 1 nitrogen and oxygen atoms in total. The van der Waals surface area contributed by atoms with E-state index in [4.69, 9.17) is 23.2 Å². The molecule has 0 radical (unpaired) electrons. The van der Waals surface area contributed by atoms with Gasteiger partial charge in [-0.2, -0.15) is 0 Å². The van der Waals surface area contributed by atoms with Crippen LogP contribution in [-0.4, -0.2) is 0 Å². The molecule has 16 heavy (non-hydrogen) atoms. The second-order valence-electron chi connectivity index (χ2n) is 3.54. The lowest BCUT2D eigenvalue weighted by atomic mass is 10.2. The van der Waals surface area contributed by atoms with E-state index in [2.05, 4.69) is 5.32 Å². The van der Waals surface area contributed by atoms with Gasteiger partial charge in [0.25, 0.3) is 0 Å². The summed E-state index contributed by atoms with van der Waals surface area (Å²) in [6.07, 6.45) is 0. The van der Waals surface area contributed by atoms with E-state index in [1.165, 1.54) is 0 Å². The SMILES string of the molecule is Cc1ccc(Cl)c(Nc2ccccc2)c1Cl. The van der Waals surface area contributed by atoms with Crippen LogP contribution in [0.15, 0.2) is 42.5 Å². The lowest BCUT2D eigenvalue weighted by Gasteiger charge is -2.11. The fourth-order valence-electron chi connectivity index (χ4n) is 1.44. The number of nitrogens with one attached hydrogen (secondary N) is 1. The molecule has 0 saturated heterocycles. The maximum absolute atomic E-state index is 6.20. The van der Waals surface area contributed by atoms with E-state index < -0.39 is 0 Å². The van der Waals surface area contributed by atoms with Crippen molar-refractivity contribution in [3.8, 4) is 0 Å². The van der Waals surface area contributed by atoms with Crippen LogP contribution in [0.3, 0.4) is 0 Å². The van der Waals surface area contributed by atoms with Crippen LogP contribution in [0.5, 0.6) is 0 Å². The molecule has 82 valence electrons. The van der Waals surface area contributed by atoms with Crippen LogP contribution in [0.25, 0.3) is 0 Å². The highest BCUT2D eigenvalue weighted by molar-refractivity contribution is 6.39. The van der Waals surface area contributed by atoms with Gasteiger partial charge in [0, 0.05) is 5.69 Å². The number of para-hydroxylation sites is 1. The average Bonchev–Trinajstić information content (AvgIpc) is 2.31. The molecule has 0 unspecified atom stereocenters. The molecule has 2 aromatic carbocycles. The predicted octanol–water partition coefficient (Wildman–Crippen LogP) is 5.05. The van der Waals surface area contributed by atoms with Crippen molar-refractivity contribution in [3.05, 3.63) is 58.1 Å². The minimum atomic E-state index is 0.624. The van der Waals surface area contributed by atoms with Gasteiger partial charge in [0.1, 0.15) is 0 Å². The second kappa shape index (κ2) is 4.77. The van der Waals surface area contributed by atoms with E-state index in [1.807, 2.05) is 49.4 Å². The first-order valence-corrected chi connectivity index (χ1v) is 5.71. The molecule has 0 fully saturated rings. The molecule has 0 heterocycles. The van der Waals surface area contributed by atoms with Gasteiger partial charge in [-0.15, -0.1) is 0 Å². The topological polar surface area (TPSA) is 12.0 Å². The average molecular weight is 252 g/mol. The van der Waals surface area contributed by atoms with Crippen molar-refractivity contribution < 1.29 is 0 Å². The molecule has 3 heteroatoms. The van der Waals surface area contributed by atoms with E-state index in [0.717, 1.165) is 16.9 Å². The number of benzene rings is 2. The Morgan fingerprint density at radius 2 is 1.62 bits per heavy atom. The minimum absolute atomic E-state index is 0.624. The summed E-state index contributed by atoms with van der Waals surface area (Å²) in [7, 11) is 0. The van der Waals surface area contributed by atoms with Crippen LogP contribution < -0.4 is 5.32 Å². The zero-order valence-corrected chi connectivity index (χ0v) is 10.3. The van der Waals surface area contributed by atoms with Crippen molar-refractivity contribution in [2.24, 2.45) is 0 Å². The summed E-state index contributed by atoms with van der Waals surface area (Å²) < 4.78 is 0. The summed E-state index contributed by atoms with van der Waals surface area (Å²) in [6, 6.07) is 13.6. The van der Waals surface area contributed by atoms with Gasteiger partial charge in [0.2, 0.25) is 0 Å². The van der Waals surface area contributed by atoms with Crippen LogP contribution in [0.1, 0.15) is 5.56 Å². The second-order valence-corrected chi connectivity index (χ2v) is 4.33. The fourth-order valence-corrected chi connectivity index (χ4v) is 1.90. The van der Waals surface area contributed by atoms with Gasteiger partial charge >= 0.3 is 0 Å². The molecule has 2 rings (SSSR count). The van der Waals surface area contributed by atoms with Gasteiger partial charge in [-0.25, -0.2) is 0 Å². The summed E-state index contributed by atoms with van der Waals surface area (Å²) in [5.74, 6) is 0. The normalized spacial score (nSPS) is 10.2. The van der Waals surface area contributed by atoms with E-state index >= 15 is 0 Å². The number of hydrogen-bond donors (Lipinski definition) is 1. The minimum Gasteiger partial charge on any atom is -0.353 e. The summed E-state index contributed by atoms with van der Waals surface area (Å²) in [6.45, 7) is 1.95. The molecular formula is C13H11Cl2N. The molecule has 0 aliphatic carbocycles. The van der Waals surface area contributed by atoms with Gasteiger partial charge in [-0.3, -0.25) is 0 Å². The highest BCUT2D eigenvalue weighted by Gasteiger charge is 2.08. The Hall–Kier alpha value is -1.18. The molecule has 0 aliphatic rings. The molecule has 0 aliphatic heterocycles. The number of hydrogen-bond acceptors (Lipinski definition) is 1. The molecule has 0 amide bonds. The Balaban J connectivity index is 2.38. The molecule has 0 saturated carbocycles. The Bertz CT molecular complexity index is 495. The molecule has 0 atom stereocenters. The monoisotopic (exact) mass is 251 g/mol. The van der Waals surface area contributed by atoms with Gasteiger partial charge in [0.05, 0.1) is 15.7 Å². The Morgan fingerprint density at radius 1 is 0.938 bits per heavy atom. The van der Waals surface area contributed by atoms with Crippen LogP contribution in [0.4, 0.5) is 11.4 Å². The lowest BCUT2D eigenvalue weighted by molar-refractivity contribution is 1.45. The third kappa shape index (κ3) is 2.31.